The van der Waals surface area contributed by atoms with Crippen LogP contribution in [-0.4, -0.2) is 41.1 Å². The van der Waals surface area contributed by atoms with Crippen molar-refractivity contribution in [1.82, 2.24) is 10.0 Å². The molecule has 0 aliphatic carbocycles. The molecule has 21 heavy (non-hydrogen) atoms. The number of hydrogen-bond donors (Lipinski definition) is 3. The number of carbonyl (C=O) groups is 1. The summed E-state index contributed by atoms with van der Waals surface area (Å²) in [5.41, 5.74) is 7.29. The summed E-state index contributed by atoms with van der Waals surface area (Å²) in [4.78, 5) is 11.5. The molecule has 1 amide bonds. The van der Waals surface area contributed by atoms with E-state index in [1.807, 2.05) is 0 Å². The number of nitrogen functional groups attached to an aromatic ring is 1. The normalized spacial score (nSPS) is 11.4. The lowest BCUT2D eigenvalue weighted by molar-refractivity contribution is -0.120. The minimum Gasteiger partial charge on any atom is -0.398 e. The Morgan fingerprint density at radius 2 is 2.00 bits per heavy atom. The van der Waals surface area contributed by atoms with Gasteiger partial charge in [0.25, 0.3) is 0 Å². The quantitative estimate of drug-likeness (QED) is 0.482. The SMILES string of the molecule is COCCNC(=O)CNS(=O)(=O)c1c(N)ccc(C)c1C. The molecule has 0 atom stereocenters. The van der Waals surface area contributed by atoms with E-state index in [1.54, 1.807) is 19.9 Å². The molecule has 7 nitrogen and oxygen atoms in total. The summed E-state index contributed by atoms with van der Waals surface area (Å²) in [6.07, 6.45) is 0. The predicted octanol–water partition coefficient (Wildman–Crippen LogP) is -0.0735. The van der Waals surface area contributed by atoms with Crippen molar-refractivity contribution < 1.29 is 17.9 Å². The summed E-state index contributed by atoms with van der Waals surface area (Å²) >= 11 is 0. The number of nitrogens with two attached hydrogens (primary N) is 1. The number of rotatable bonds is 7. The van der Waals surface area contributed by atoms with E-state index in [4.69, 9.17) is 10.5 Å². The minimum absolute atomic E-state index is 0.0205. The molecule has 0 radical (unpaired) electrons. The Morgan fingerprint density at radius 3 is 2.62 bits per heavy atom. The molecule has 118 valence electrons. The van der Waals surface area contributed by atoms with Gasteiger partial charge in [-0.05, 0) is 31.0 Å². The fourth-order valence-corrected chi connectivity index (χ4v) is 3.16. The van der Waals surface area contributed by atoms with Gasteiger partial charge in [-0.1, -0.05) is 6.07 Å². The van der Waals surface area contributed by atoms with E-state index in [2.05, 4.69) is 10.0 Å². The van der Waals surface area contributed by atoms with Crippen LogP contribution < -0.4 is 15.8 Å². The Labute approximate surface area is 124 Å². The summed E-state index contributed by atoms with van der Waals surface area (Å²) in [5, 5.41) is 2.53. The zero-order chi connectivity index (χ0) is 16.0. The second kappa shape index (κ2) is 7.39. The van der Waals surface area contributed by atoms with Crippen LogP contribution in [0.25, 0.3) is 0 Å². The summed E-state index contributed by atoms with van der Waals surface area (Å²) in [6, 6.07) is 3.29. The van der Waals surface area contributed by atoms with Gasteiger partial charge in [-0.15, -0.1) is 0 Å². The number of carbonyl (C=O) groups excluding carboxylic acids is 1. The molecule has 1 aromatic rings. The molecule has 1 aromatic carbocycles. The Morgan fingerprint density at radius 1 is 1.33 bits per heavy atom. The average Bonchev–Trinajstić information content (AvgIpc) is 2.41. The third-order valence-corrected chi connectivity index (χ3v) is 4.63. The molecular weight excluding hydrogens is 294 g/mol. The van der Waals surface area contributed by atoms with E-state index in [0.717, 1.165) is 5.56 Å². The molecule has 0 spiro atoms. The lowest BCUT2D eigenvalue weighted by Gasteiger charge is -2.13. The van der Waals surface area contributed by atoms with E-state index >= 15 is 0 Å². The van der Waals surface area contributed by atoms with Gasteiger partial charge >= 0.3 is 0 Å². The van der Waals surface area contributed by atoms with Crippen LogP contribution in [-0.2, 0) is 19.6 Å². The van der Waals surface area contributed by atoms with Gasteiger partial charge in [-0.2, -0.15) is 0 Å². The number of sulfonamides is 1. The number of methoxy groups -OCH3 is 1. The summed E-state index contributed by atoms with van der Waals surface area (Å²) in [6.45, 7) is 3.81. The van der Waals surface area contributed by atoms with Gasteiger partial charge in [0.15, 0.2) is 0 Å². The zero-order valence-electron chi connectivity index (χ0n) is 12.4. The van der Waals surface area contributed by atoms with Crippen molar-refractivity contribution in [2.24, 2.45) is 0 Å². The molecule has 0 aliphatic rings. The number of benzene rings is 1. The van der Waals surface area contributed by atoms with Crippen LogP contribution in [0.4, 0.5) is 5.69 Å². The van der Waals surface area contributed by atoms with Crippen LogP contribution in [0.5, 0.6) is 0 Å². The van der Waals surface area contributed by atoms with Crippen molar-refractivity contribution in [2.45, 2.75) is 18.7 Å². The smallest absolute Gasteiger partial charge is 0.243 e. The Balaban J connectivity index is 2.79. The van der Waals surface area contributed by atoms with Gasteiger partial charge in [0.2, 0.25) is 15.9 Å². The highest BCUT2D eigenvalue weighted by atomic mass is 32.2. The standard InChI is InChI=1S/C13H21N3O4S/c1-9-4-5-11(14)13(10(9)2)21(18,19)16-8-12(17)15-6-7-20-3/h4-5,16H,6-8,14H2,1-3H3,(H,15,17). The molecule has 8 heteroatoms. The van der Waals surface area contributed by atoms with Crippen molar-refractivity contribution in [3.63, 3.8) is 0 Å². The van der Waals surface area contributed by atoms with Crippen molar-refractivity contribution in [2.75, 3.05) is 32.5 Å². The maximum absolute atomic E-state index is 12.3. The molecule has 0 saturated carbocycles. The highest BCUT2D eigenvalue weighted by Gasteiger charge is 2.21. The molecule has 4 N–H and O–H groups in total. The lowest BCUT2D eigenvalue weighted by Crippen LogP contribution is -2.38. The van der Waals surface area contributed by atoms with Crippen molar-refractivity contribution in [3.8, 4) is 0 Å². The monoisotopic (exact) mass is 315 g/mol. The van der Waals surface area contributed by atoms with Crippen molar-refractivity contribution >= 4 is 21.6 Å². The Kier molecular flexibility index (Phi) is 6.13. The van der Waals surface area contributed by atoms with Gasteiger partial charge in [0, 0.05) is 13.7 Å². The van der Waals surface area contributed by atoms with Crippen LogP contribution in [0, 0.1) is 13.8 Å². The lowest BCUT2D eigenvalue weighted by atomic mass is 10.1. The van der Waals surface area contributed by atoms with E-state index in [0.29, 0.717) is 18.7 Å². The summed E-state index contributed by atoms with van der Waals surface area (Å²) in [5.74, 6) is -0.431. The molecule has 0 fully saturated rings. The fraction of sp³-hybridized carbons (Fsp3) is 0.462. The molecule has 0 saturated heterocycles. The van der Waals surface area contributed by atoms with Crippen LogP contribution in [0.3, 0.4) is 0 Å². The first-order valence-electron chi connectivity index (χ1n) is 6.40. The Bertz CT molecular complexity index is 614. The van der Waals surface area contributed by atoms with Gasteiger partial charge in [0.05, 0.1) is 18.8 Å². The molecule has 0 unspecified atom stereocenters. The van der Waals surface area contributed by atoms with Gasteiger partial charge < -0.3 is 15.8 Å². The van der Waals surface area contributed by atoms with Crippen LogP contribution in [0.1, 0.15) is 11.1 Å². The predicted molar refractivity (Wildman–Crippen MR) is 80.4 cm³/mol. The first kappa shape index (κ1) is 17.4. The molecule has 0 bridgehead atoms. The van der Waals surface area contributed by atoms with Crippen LogP contribution in [0.2, 0.25) is 0 Å². The summed E-state index contributed by atoms with van der Waals surface area (Å²) < 4.78 is 31.6. The fourth-order valence-electron chi connectivity index (χ4n) is 1.76. The van der Waals surface area contributed by atoms with Gasteiger partial charge in [0.1, 0.15) is 4.90 Å². The van der Waals surface area contributed by atoms with Crippen LogP contribution >= 0.6 is 0 Å². The molecule has 1 rings (SSSR count). The maximum atomic E-state index is 12.3. The second-order valence-electron chi connectivity index (χ2n) is 4.59. The number of anilines is 1. The molecule has 0 heterocycles. The third-order valence-electron chi connectivity index (χ3n) is 3.03. The molecule has 0 aromatic heterocycles. The first-order valence-corrected chi connectivity index (χ1v) is 7.89. The molecule has 0 aliphatic heterocycles. The van der Waals surface area contributed by atoms with E-state index in [1.165, 1.54) is 13.2 Å². The largest absolute Gasteiger partial charge is 0.398 e. The van der Waals surface area contributed by atoms with E-state index in [9.17, 15) is 13.2 Å². The van der Waals surface area contributed by atoms with Gasteiger partial charge in [-0.3, -0.25) is 4.79 Å². The minimum atomic E-state index is -3.84. The third kappa shape index (κ3) is 4.69. The average molecular weight is 315 g/mol. The van der Waals surface area contributed by atoms with Gasteiger partial charge in [-0.25, -0.2) is 13.1 Å². The number of aryl methyl sites for hydroxylation is 1. The molecular formula is C13H21N3O4S. The highest BCUT2D eigenvalue weighted by Crippen LogP contribution is 2.24. The summed E-state index contributed by atoms with van der Waals surface area (Å²) in [7, 11) is -2.32. The van der Waals surface area contributed by atoms with E-state index < -0.39 is 15.9 Å². The van der Waals surface area contributed by atoms with E-state index in [-0.39, 0.29) is 17.1 Å². The number of amides is 1. The highest BCUT2D eigenvalue weighted by molar-refractivity contribution is 7.89. The first-order chi connectivity index (χ1) is 9.79. The van der Waals surface area contributed by atoms with Crippen molar-refractivity contribution in [1.29, 1.82) is 0 Å². The second-order valence-corrected chi connectivity index (χ2v) is 6.30. The number of hydrogen-bond acceptors (Lipinski definition) is 5. The van der Waals surface area contributed by atoms with Crippen LogP contribution in [0.15, 0.2) is 17.0 Å². The maximum Gasteiger partial charge on any atom is 0.243 e. The Hall–Kier alpha value is -1.64. The number of nitrogens with one attached hydrogen (secondary N) is 2. The topological polar surface area (TPSA) is 111 Å². The number of ether oxygens (including phenoxy) is 1. The van der Waals surface area contributed by atoms with Crippen molar-refractivity contribution in [3.05, 3.63) is 23.3 Å². The zero-order valence-corrected chi connectivity index (χ0v) is 13.2.